The summed E-state index contributed by atoms with van der Waals surface area (Å²) in [5.74, 6) is -0.598. The molecule has 1 aromatic carbocycles. The van der Waals surface area contributed by atoms with Gasteiger partial charge < -0.3 is 14.0 Å². The first-order valence-electron chi connectivity index (χ1n) is 10.1. The number of H-pyrrole nitrogens is 1. The second-order valence-electron chi connectivity index (χ2n) is 7.37. The lowest BCUT2D eigenvalue weighted by Gasteiger charge is -2.24. The number of aromatic nitrogens is 2. The molecule has 0 saturated carbocycles. The number of carbonyl (C=O) groups excluding carboxylic acids is 1. The lowest BCUT2D eigenvalue weighted by Crippen LogP contribution is -2.37. The lowest BCUT2D eigenvalue weighted by atomic mass is 10.3. The first kappa shape index (κ1) is 27.9. The summed E-state index contributed by atoms with van der Waals surface area (Å²) in [7, 11) is -3.07. The summed E-state index contributed by atoms with van der Waals surface area (Å²) >= 11 is 3.26. The molecule has 0 radical (unpaired) electrons. The van der Waals surface area contributed by atoms with Crippen LogP contribution in [0.4, 0.5) is 13.2 Å². The van der Waals surface area contributed by atoms with Gasteiger partial charge in [0.1, 0.15) is 23.5 Å². The van der Waals surface area contributed by atoms with Crippen LogP contribution in [0.15, 0.2) is 56.7 Å². The zero-order valence-corrected chi connectivity index (χ0v) is 21.1. The Morgan fingerprint density at radius 2 is 1.94 bits per heavy atom. The molecule has 0 amide bonds. The Labute approximate surface area is 209 Å². The molecule has 2 aromatic rings. The molecule has 11 nitrogen and oxygen atoms in total. The molecule has 1 aliphatic heterocycles. The molecule has 0 fully saturated rings. The number of carbonyl (C=O) groups is 1. The SMILES string of the molecule is COC(=O)[C@H](C)NP(=O)(OC[C@@H]1C=C[C@H](n2cc(C(F)(F)F)c(=O)[nH]c2=O)O1)Oc1ccc(Br)cc1. The van der Waals surface area contributed by atoms with Gasteiger partial charge >= 0.3 is 25.6 Å². The van der Waals surface area contributed by atoms with Crippen molar-refractivity contribution in [1.82, 2.24) is 14.6 Å². The molecule has 1 aromatic heterocycles. The smallest absolute Gasteiger partial charge is 0.459 e. The normalized spacial score (nSPS) is 20.1. The van der Waals surface area contributed by atoms with Crippen LogP contribution in [0, 0.1) is 0 Å². The second kappa shape index (κ2) is 11.1. The maximum atomic E-state index is 13.4. The highest BCUT2D eigenvalue weighted by Crippen LogP contribution is 2.45. The zero-order chi connectivity index (χ0) is 26.7. The Bertz CT molecular complexity index is 1290. The maximum absolute atomic E-state index is 13.4. The van der Waals surface area contributed by atoms with Gasteiger partial charge in [-0.2, -0.15) is 18.3 Å². The van der Waals surface area contributed by atoms with E-state index in [1.807, 2.05) is 0 Å². The summed E-state index contributed by atoms with van der Waals surface area (Å²) in [4.78, 5) is 36.9. The van der Waals surface area contributed by atoms with Crippen LogP contribution in [0.5, 0.6) is 5.75 Å². The first-order valence-corrected chi connectivity index (χ1v) is 12.5. The van der Waals surface area contributed by atoms with Crippen LogP contribution >= 0.6 is 23.7 Å². The maximum Gasteiger partial charge on any atom is 0.459 e. The molecule has 16 heteroatoms. The molecule has 4 atom stereocenters. The minimum absolute atomic E-state index is 0.145. The molecule has 0 saturated heterocycles. The molecule has 36 heavy (non-hydrogen) atoms. The quantitative estimate of drug-likeness (QED) is 0.253. The number of alkyl halides is 3. The molecular formula is C20H20BrF3N3O8P. The van der Waals surface area contributed by atoms with Crippen molar-refractivity contribution in [2.45, 2.75) is 31.5 Å². The number of methoxy groups -OCH3 is 1. The Balaban J connectivity index is 1.74. The molecular weight excluding hydrogens is 578 g/mol. The van der Waals surface area contributed by atoms with Gasteiger partial charge in [-0.15, -0.1) is 0 Å². The number of aromatic amines is 1. The number of nitrogens with one attached hydrogen (secondary N) is 2. The molecule has 2 N–H and O–H groups in total. The predicted molar refractivity (Wildman–Crippen MR) is 122 cm³/mol. The van der Waals surface area contributed by atoms with E-state index < -0.39 is 61.7 Å². The molecule has 0 aliphatic carbocycles. The van der Waals surface area contributed by atoms with Gasteiger partial charge in [-0.1, -0.05) is 22.0 Å². The van der Waals surface area contributed by atoms with Crippen molar-refractivity contribution in [1.29, 1.82) is 0 Å². The highest BCUT2D eigenvalue weighted by atomic mass is 79.9. The lowest BCUT2D eigenvalue weighted by molar-refractivity contribution is -0.142. The number of rotatable bonds is 9. The van der Waals surface area contributed by atoms with Crippen molar-refractivity contribution in [3.63, 3.8) is 0 Å². The van der Waals surface area contributed by atoms with Crippen LogP contribution in [-0.2, 0) is 29.5 Å². The summed E-state index contributed by atoms with van der Waals surface area (Å²) in [6.45, 7) is 0.932. The number of benzene rings is 1. The van der Waals surface area contributed by atoms with Gasteiger partial charge in [0.15, 0.2) is 6.23 Å². The third kappa shape index (κ3) is 6.95. The van der Waals surface area contributed by atoms with Gasteiger partial charge in [0, 0.05) is 10.7 Å². The monoisotopic (exact) mass is 597 g/mol. The Morgan fingerprint density at radius 1 is 1.28 bits per heavy atom. The van der Waals surface area contributed by atoms with Gasteiger partial charge in [-0.3, -0.25) is 23.7 Å². The van der Waals surface area contributed by atoms with E-state index in [0.717, 1.165) is 11.6 Å². The van der Waals surface area contributed by atoms with E-state index in [2.05, 4.69) is 25.8 Å². The topological polar surface area (TPSA) is 138 Å². The molecule has 196 valence electrons. The number of ether oxygens (including phenoxy) is 2. The van der Waals surface area contributed by atoms with Crippen LogP contribution in [0.2, 0.25) is 0 Å². The van der Waals surface area contributed by atoms with Crippen molar-refractivity contribution in [3.8, 4) is 5.75 Å². The van der Waals surface area contributed by atoms with Crippen molar-refractivity contribution in [2.24, 2.45) is 0 Å². The Morgan fingerprint density at radius 3 is 2.56 bits per heavy atom. The third-order valence-corrected chi connectivity index (χ3v) is 6.88. The average Bonchev–Trinajstić information content (AvgIpc) is 3.26. The van der Waals surface area contributed by atoms with Crippen LogP contribution in [0.25, 0.3) is 0 Å². The van der Waals surface area contributed by atoms with Gasteiger partial charge in [0.25, 0.3) is 5.56 Å². The van der Waals surface area contributed by atoms with E-state index >= 15 is 0 Å². The van der Waals surface area contributed by atoms with E-state index in [1.54, 1.807) is 17.1 Å². The standard InChI is InChI=1S/C20H20BrF3N3O8P/c1-11(18(29)32-2)26-36(31,35-13-5-3-12(21)4-6-13)33-10-14-7-8-16(34-14)27-9-15(20(22,23)24)17(28)25-19(27)30/h3-9,11,14,16H,10H2,1-2H3,(H,26,31)(H,25,28,30)/t11-,14-,16+,36?/m0/s1. The van der Waals surface area contributed by atoms with Crippen molar-refractivity contribution >= 4 is 29.6 Å². The van der Waals surface area contributed by atoms with E-state index in [0.29, 0.717) is 10.8 Å². The molecule has 3 rings (SSSR count). The minimum atomic E-state index is -4.99. The zero-order valence-electron chi connectivity index (χ0n) is 18.7. The molecule has 0 spiro atoms. The summed E-state index contributed by atoms with van der Waals surface area (Å²) in [5, 5.41) is 2.44. The van der Waals surface area contributed by atoms with Gasteiger partial charge in [-0.25, -0.2) is 9.36 Å². The van der Waals surface area contributed by atoms with Gasteiger partial charge in [-0.05, 0) is 37.3 Å². The van der Waals surface area contributed by atoms with Crippen LogP contribution in [0.3, 0.4) is 0 Å². The number of halogens is 4. The van der Waals surface area contributed by atoms with E-state index in [-0.39, 0.29) is 5.75 Å². The second-order valence-corrected chi connectivity index (χ2v) is 9.98. The van der Waals surface area contributed by atoms with Crippen molar-refractivity contribution in [3.05, 3.63) is 73.5 Å². The molecule has 1 aliphatic rings. The Kier molecular flexibility index (Phi) is 8.62. The summed E-state index contributed by atoms with van der Waals surface area (Å²) < 4.78 is 74.9. The van der Waals surface area contributed by atoms with Crippen LogP contribution in [-0.4, -0.2) is 41.4 Å². The van der Waals surface area contributed by atoms with E-state index in [9.17, 15) is 32.1 Å². The predicted octanol–water partition coefficient (Wildman–Crippen LogP) is 3.13. The molecule has 0 bridgehead atoms. The van der Waals surface area contributed by atoms with Gasteiger partial charge in [0.2, 0.25) is 0 Å². The van der Waals surface area contributed by atoms with E-state index in [4.69, 9.17) is 13.8 Å². The number of esters is 1. The minimum Gasteiger partial charge on any atom is -0.468 e. The summed E-state index contributed by atoms with van der Waals surface area (Å²) in [6, 6.07) is 5.13. The highest BCUT2D eigenvalue weighted by Gasteiger charge is 2.37. The fraction of sp³-hybridized carbons (Fsp3) is 0.350. The van der Waals surface area contributed by atoms with Crippen molar-refractivity contribution in [2.75, 3.05) is 13.7 Å². The highest BCUT2D eigenvalue weighted by molar-refractivity contribution is 9.10. The fourth-order valence-electron chi connectivity index (χ4n) is 2.98. The molecule has 2 heterocycles. The average molecular weight is 598 g/mol. The summed E-state index contributed by atoms with van der Waals surface area (Å²) in [5.41, 5.74) is -4.28. The van der Waals surface area contributed by atoms with Crippen LogP contribution in [0.1, 0.15) is 18.7 Å². The number of hydrogen-bond acceptors (Lipinski definition) is 8. The van der Waals surface area contributed by atoms with Crippen molar-refractivity contribution < 1.29 is 41.1 Å². The van der Waals surface area contributed by atoms with E-state index in [1.165, 1.54) is 31.2 Å². The largest absolute Gasteiger partial charge is 0.468 e. The van der Waals surface area contributed by atoms with Gasteiger partial charge in [0.05, 0.1) is 13.7 Å². The summed E-state index contributed by atoms with van der Waals surface area (Å²) in [6.07, 6.45) is -4.30. The first-order chi connectivity index (χ1) is 16.8. The van der Waals surface area contributed by atoms with Crippen LogP contribution < -0.4 is 20.9 Å². The third-order valence-electron chi connectivity index (χ3n) is 4.71. The fourth-order valence-corrected chi connectivity index (χ4v) is 4.75. The number of nitrogens with zero attached hydrogens (tertiary/aromatic N) is 1. The molecule has 1 unspecified atom stereocenters. The Hall–Kier alpha value is -2.71. The number of hydrogen-bond donors (Lipinski definition) is 2.